The molecular formula is C15H21N3O2S. The van der Waals surface area contributed by atoms with Crippen LogP contribution in [0, 0.1) is 6.92 Å². The average Bonchev–Trinajstić information content (AvgIpc) is 2.43. The van der Waals surface area contributed by atoms with Crippen molar-refractivity contribution >= 4 is 26.6 Å². The molecule has 0 unspecified atom stereocenters. The lowest BCUT2D eigenvalue weighted by atomic mass is 10.2. The zero-order valence-corrected chi connectivity index (χ0v) is 13.2. The molecule has 0 atom stereocenters. The van der Waals surface area contributed by atoms with E-state index in [9.17, 15) is 8.42 Å². The molecular weight excluding hydrogens is 286 g/mol. The number of unbranched alkanes of at least 4 members (excludes halogenated alkanes) is 1. The zero-order chi connectivity index (χ0) is 15.3. The lowest BCUT2D eigenvalue weighted by Crippen LogP contribution is -2.18. The van der Waals surface area contributed by atoms with E-state index in [-0.39, 0.29) is 5.75 Å². The normalized spacial score (nSPS) is 11.7. The molecule has 1 aromatic heterocycles. The average molecular weight is 307 g/mol. The van der Waals surface area contributed by atoms with Crippen LogP contribution in [-0.4, -0.2) is 32.7 Å². The van der Waals surface area contributed by atoms with Crippen LogP contribution in [0.25, 0.3) is 10.9 Å². The minimum Gasteiger partial charge on any atom is -0.320 e. The van der Waals surface area contributed by atoms with E-state index in [1.807, 2.05) is 38.2 Å². The van der Waals surface area contributed by atoms with Gasteiger partial charge < -0.3 is 5.32 Å². The summed E-state index contributed by atoms with van der Waals surface area (Å²) in [6, 6.07) is 9.30. The molecule has 5 nitrogen and oxygen atoms in total. The number of nitrogens with one attached hydrogen (secondary N) is 2. The minimum absolute atomic E-state index is 0.129. The van der Waals surface area contributed by atoms with Crippen molar-refractivity contribution in [2.24, 2.45) is 0 Å². The number of aryl methyl sites for hydroxylation is 1. The Kier molecular flexibility index (Phi) is 5.14. The fourth-order valence-corrected chi connectivity index (χ4v) is 3.39. The summed E-state index contributed by atoms with van der Waals surface area (Å²) in [6.45, 7) is 2.68. The van der Waals surface area contributed by atoms with Crippen molar-refractivity contribution in [1.82, 2.24) is 10.3 Å². The van der Waals surface area contributed by atoms with Crippen molar-refractivity contribution in [1.29, 1.82) is 0 Å². The maximum absolute atomic E-state index is 12.2. The summed E-state index contributed by atoms with van der Waals surface area (Å²) in [6.07, 6.45) is 1.48. The van der Waals surface area contributed by atoms with Crippen molar-refractivity contribution in [2.75, 3.05) is 24.1 Å². The maximum Gasteiger partial charge on any atom is 0.232 e. The van der Waals surface area contributed by atoms with E-state index in [1.165, 1.54) is 0 Å². The predicted octanol–water partition coefficient (Wildman–Crippen LogP) is 2.28. The quantitative estimate of drug-likeness (QED) is 0.770. The molecule has 1 aromatic carbocycles. The summed E-state index contributed by atoms with van der Waals surface area (Å²) in [5.74, 6) is 0.129. The standard InChI is InChI=1S/C15H21N3O2S/c1-12-11-15(13-7-3-4-8-14(13)17-12)18-21(19,20)10-6-5-9-16-2/h3-4,7-8,11,16H,5-6,9-10H2,1-2H3,(H,17,18). The number of nitrogens with zero attached hydrogens (tertiary/aromatic N) is 1. The van der Waals surface area contributed by atoms with Crippen molar-refractivity contribution in [2.45, 2.75) is 19.8 Å². The van der Waals surface area contributed by atoms with E-state index in [2.05, 4.69) is 15.0 Å². The Labute approximate surface area is 125 Å². The summed E-state index contributed by atoms with van der Waals surface area (Å²) in [5.41, 5.74) is 2.19. The summed E-state index contributed by atoms with van der Waals surface area (Å²) in [5, 5.41) is 3.83. The number of para-hydroxylation sites is 1. The smallest absolute Gasteiger partial charge is 0.232 e. The minimum atomic E-state index is -3.33. The van der Waals surface area contributed by atoms with E-state index in [1.54, 1.807) is 6.07 Å². The van der Waals surface area contributed by atoms with Gasteiger partial charge in [-0.15, -0.1) is 0 Å². The van der Waals surface area contributed by atoms with Gasteiger partial charge in [0.15, 0.2) is 0 Å². The Morgan fingerprint density at radius 1 is 1.19 bits per heavy atom. The van der Waals surface area contributed by atoms with Crippen molar-refractivity contribution < 1.29 is 8.42 Å². The van der Waals surface area contributed by atoms with Crippen molar-refractivity contribution in [3.8, 4) is 0 Å². The highest BCUT2D eigenvalue weighted by atomic mass is 32.2. The Balaban J connectivity index is 2.19. The first-order valence-corrected chi connectivity index (χ1v) is 8.68. The third kappa shape index (κ3) is 4.41. The number of pyridine rings is 1. The second-order valence-electron chi connectivity index (χ2n) is 5.06. The van der Waals surface area contributed by atoms with Crippen LogP contribution in [0.5, 0.6) is 0 Å². The van der Waals surface area contributed by atoms with Crippen LogP contribution in [-0.2, 0) is 10.0 Å². The van der Waals surface area contributed by atoms with E-state index < -0.39 is 10.0 Å². The third-order valence-corrected chi connectivity index (χ3v) is 4.56. The van der Waals surface area contributed by atoms with Crippen LogP contribution in [0.15, 0.2) is 30.3 Å². The molecule has 0 radical (unpaired) electrons. The van der Waals surface area contributed by atoms with E-state index in [0.717, 1.165) is 29.6 Å². The largest absolute Gasteiger partial charge is 0.320 e. The summed E-state index contributed by atoms with van der Waals surface area (Å²) < 4.78 is 27.0. The van der Waals surface area contributed by atoms with Gasteiger partial charge in [0.05, 0.1) is 17.0 Å². The number of hydrogen-bond donors (Lipinski definition) is 2. The Morgan fingerprint density at radius 3 is 2.71 bits per heavy atom. The highest BCUT2D eigenvalue weighted by molar-refractivity contribution is 7.92. The van der Waals surface area contributed by atoms with Gasteiger partial charge in [-0.25, -0.2) is 8.42 Å². The molecule has 0 saturated carbocycles. The second kappa shape index (κ2) is 6.87. The topological polar surface area (TPSA) is 71.1 Å². The van der Waals surface area contributed by atoms with Crippen LogP contribution in [0.1, 0.15) is 18.5 Å². The molecule has 0 saturated heterocycles. The molecule has 6 heteroatoms. The SMILES string of the molecule is CNCCCCS(=O)(=O)Nc1cc(C)nc2ccccc12. The maximum atomic E-state index is 12.2. The number of fused-ring (bicyclic) bond motifs is 1. The first-order chi connectivity index (χ1) is 10.0. The first-order valence-electron chi connectivity index (χ1n) is 7.03. The van der Waals surface area contributed by atoms with Crippen LogP contribution < -0.4 is 10.0 Å². The molecule has 0 amide bonds. The van der Waals surface area contributed by atoms with Gasteiger partial charge in [0.1, 0.15) is 0 Å². The van der Waals surface area contributed by atoms with E-state index in [4.69, 9.17) is 0 Å². The number of hydrogen-bond acceptors (Lipinski definition) is 4. The monoisotopic (exact) mass is 307 g/mol. The third-order valence-electron chi connectivity index (χ3n) is 3.20. The molecule has 2 aromatic rings. The van der Waals surface area contributed by atoms with Gasteiger partial charge in [0.2, 0.25) is 10.0 Å². The summed E-state index contributed by atoms with van der Waals surface area (Å²) >= 11 is 0. The van der Waals surface area contributed by atoms with Crippen LogP contribution in [0.3, 0.4) is 0 Å². The van der Waals surface area contributed by atoms with Crippen molar-refractivity contribution in [3.63, 3.8) is 0 Å². The zero-order valence-electron chi connectivity index (χ0n) is 12.4. The molecule has 21 heavy (non-hydrogen) atoms. The van der Waals surface area contributed by atoms with Gasteiger partial charge in [-0.2, -0.15) is 0 Å². The van der Waals surface area contributed by atoms with Gasteiger partial charge >= 0.3 is 0 Å². The summed E-state index contributed by atoms with van der Waals surface area (Å²) in [4.78, 5) is 4.41. The second-order valence-corrected chi connectivity index (χ2v) is 6.90. The first kappa shape index (κ1) is 15.7. The molecule has 0 spiro atoms. The number of sulfonamides is 1. The lowest BCUT2D eigenvalue weighted by Gasteiger charge is -2.11. The molecule has 2 N–H and O–H groups in total. The molecule has 114 valence electrons. The Morgan fingerprint density at radius 2 is 1.95 bits per heavy atom. The lowest BCUT2D eigenvalue weighted by molar-refractivity contribution is 0.595. The molecule has 2 rings (SSSR count). The van der Waals surface area contributed by atoms with E-state index >= 15 is 0 Å². The van der Waals surface area contributed by atoms with Crippen LogP contribution in [0.2, 0.25) is 0 Å². The van der Waals surface area contributed by atoms with Gasteiger partial charge in [-0.3, -0.25) is 9.71 Å². The van der Waals surface area contributed by atoms with Gasteiger partial charge in [0.25, 0.3) is 0 Å². The number of aromatic nitrogens is 1. The van der Waals surface area contributed by atoms with E-state index in [0.29, 0.717) is 12.1 Å². The highest BCUT2D eigenvalue weighted by Crippen LogP contribution is 2.24. The molecule has 0 aliphatic rings. The molecule has 1 heterocycles. The Bertz CT molecular complexity index is 714. The molecule has 0 aliphatic carbocycles. The fourth-order valence-electron chi connectivity index (χ4n) is 2.20. The van der Waals surface area contributed by atoms with Gasteiger partial charge in [-0.05, 0) is 45.5 Å². The predicted molar refractivity (Wildman–Crippen MR) is 87.1 cm³/mol. The van der Waals surface area contributed by atoms with Crippen LogP contribution in [0.4, 0.5) is 5.69 Å². The van der Waals surface area contributed by atoms with Gasteiger partial charge in [0, 0.05) is 11.1 Å². The fraction of sp³-hybridized carbons (Fsp3) is 0.400. The molecule has 0 aliphatic heterocycles. The molecule has 0 bridgehead atoms. The van der Waals surface area contributed by atoms with Gasteiger partial charge in [-0.1, -0.05) is 18.2 Å². The number of rotatable bonds is 7. The number of benzene rings is 1. The number of anilines is 1. The Hall–Kier alpha value is -1.66. The highest BCUT2D eigenvalue weighted by Gasteiger charge is 2.12. The summed E-state index contributed by atoms with van der Waals surface area (Å²) in [7, 11) is -1.47. The van der Waals surface area contributed by atoms with Crippen LogP contribution >= 0.6 is 0 Å². The van der Waals surface area contributed by atoms with Crippen molar-refractivity contribution in [3.05, 3.63) is 36.0 Å². The molecule has 0 fully saturated rings.